The van der Waals surface area contributed by atoms with Crippen molar-refractivity contribution in [2.75, 3.05) is 18.0 Å². The average Bonchev–Trinajstić information content (AvgIpc) is 3.22. The molecule has 2 N–H and O–H groups in total. The van der Waals surface area contributed by atoms with Gasteiger partial charge in [0.15, 0.2) is 0 Å². The zero-order valence-corrected chi connectivity index (χ0v) is 14.5. The summed E-state index contributed by atoms with van der Waals surface area (Å²) in [7, 11) is 0. The SMILES string of the molecule is Cc1[nH]nc2ccc(C(=O)NC3CCN(c4ncccc4Cl)C3)cc12. The van der Waals surface area contributed by atoms with Crippen molar-refractivity contribution in [2.24, 2.45) is 0 Å². The Morgan fingerprint density at radius 1 is 1.40 bits per heavy atom. The first kappa shape index (κ1) is 15.9. The molecule has 1 fully saturated rings. The minimum Gasteiger partial charge on any atom is -0.353 e. The van der Waals surface area contributed by atoms with Crippen molar-refractivity contribution in [3.05, 3.63) is 52.8 Å². The maximum absolute atomic E-state index is 12.6. The molecular weight excluding hydrogens is 338 g/mol. The van der Waals surface area contributed by atoms with Crippen molar-refractivity contribution >= 4 is 34.2 Å². The van der Waals surface area contributed by atoms with Gasteiger partial charge in [-0.15, -0.1) is 0 Å². The zero-order valence-electron chi connectivity index (χ0n) is 13.8. The lowest BCUT2D eigenvalue weighted by atomic mass is 10.1. The van der Waals surface area contributed by atoms with Crippen molar-refractivity contribution in [1.29, 1.82) is 0 Å². The van der Waals surface area contributed by atoms with Crippen LogP contribution >= 0.6 is 11.6 Å². The second kappa shape index (κ2) is 6.37. The van der Waals surface area contributed by atoms with E-state index in [0.717, 1.165) is 35.4 Å². The third kappa shape index (κ3) is 3.05. The highest BCUT2D eigenvalue weighted by Crippen LogP contribution is 2.26. The van der Waals surface area contributed by atoms with Crippen molar-refractivity contribution < 1.29 is 4.79 Å². The van der Waals surface area contributed by atoms with Gasteiger partial charge in [-0.1, -0.05) is 11.6 Å². The number of aryl methyl sites for hydroxylation is 1. The van der Waals surface area contributed by atoms with Gasteiger partial charge in [-0.2, -0.15) is 5.10 Å². The number of pyridine rings is 1. The number of halogens is 1. The van der Waals surface area contributed by atoms with Crippen molar-refractivity contribution in [3.8, 4) is 0 Å². The maximum Gasteiger partial charge on any atom is 0.251 e. The molecule has 1 atom stereocenters. The Labute approximate surface area is 150 Å². The molecule has 2 aromatic heterocycles. The Kier molecular flexibility index (Phi) is 4.05. The van der Waals surface area contributed by atoms with Crippen molar-refractivity contribution in [3.63, 3.8) is 0 Å². The Bertz CT molecular complexity index is 938. The topological polar surface area (TPSA) is 73.9 Å². The van der Waals surface area contributed by atoms with Crippen LogP contribution in [0.15, 0.2) is 36.5 Å². The predicted octanol–water partition coefficient (Wildman–Crippen LogP) is 2.93. The van der Waals surface area contributed by atoms with E-state index in [2.05, 4.69) is 25.4 Å². The highest BCUT2D eigenvalue weighted by atomic mass is 35.5. The smallest absolute Gasteiger partial charge is 0.251 e. The first-order valence-electron chi connectivity index (χ1n) is 8.23. The Hall–Kier alpha value is -2.60. The Balaban J connectivity index is 1.46. The summed E-state index contributed by atoms with van der Waals surface area (Å²) in [6.07, 6.45) is 2.60. The van der Waals surface area contributed by atoms with Gasteiger partial charge in [0.2, 0.25) is 0 Å². The van der Waals surface area contributed by atoms with Crippen LogP contribution in [0.2, 0.25) is 5.02 Å². The van der Waals surface area contributed by atoms with E-state index in [1.165, 1.54) is 0 Å². The molecule has 0 bridgehead atoms. The minimum atomic E-state index is -0.0681. The number of nitrogens with zero attached hydrogens (tertiary/aromatic N) is 3. The van der Waals surface area contributed by atoms with Crippen LogP contribution in [0.5, 0.6) is 0 Å². The van der Waals surface area contributed by atoms with Crippen molar-refractivity contribution in [1.82, 2.24) is 20.5 Å². The van der Waals surface area contributed by atoms with Crippen LogP contribution in [0.1, 0.15) is 22.5 Å². The van der Waals surface area contributed by atoms with E-state index in [4.69, 9.17) is 11.6 Å². The van der Waals surface area contributed by atoms with Gasteiger partial charge in [0.25, 0.3) is 5.91 Å². The molecule has 0 spiro atoms. The van der Waals surface area contributed by atoms with E-state index >= 15 is 0 Å². The number of fused-ring (bicyclic) bond motifs is 1. The molecule has 4 rings (SSSR count). The van der Waals surface area contributed by atoms with Gasteiger partial charge in [-0.05, 0) is 43.7 Å². The molecule has 0 radical (unpaired) electrons. The number of hydrogen-bond donors (Lipinski definition) is 2. The summed E-state index contributed by atoms with van der Waals surface area (Å²) in [6, 6.07) is 9.27. The van der Waals surface area contributed by atoms with Crippen LogP contribution in [0.4, 0.5) is 5.82 Å². The first-order chi connectivity index (χ1) is 12.1. The highest BCUT2D eigenvalue weighted by molar-refractivity contribution is 6.32. The monoisotopic (exact) mass is 355 g/mol. The van der Waals surface area contributed by atoms with Gasteiger partial charge in [0.1, 0.15) is 5.82 Å². The summed E-state index contributed by atoms with van der Waals surface area (Å²) in [5, 5.41) is 11.8. The molecule has 1 saturated heterocycles. The first-order valence-corrected chi connectivity index (χ1v) is 8.60. The number of anilines is 1. The van der Waals surface area contributed by atoms with Crippen LogP contribution in [-0.4, -0.2) is 40.2 Å². The standard InChI is InChI=1S/C18H18ClN5O/c1-11-14-9-12(4-5-16(14)23-22-11)18(25)21-13-6-8-24(10-13)17-15(19)3-2-7-20-17/h2-5,7,9,13H,6,8,10H2,1H3,(H,21,25)(H,22,23). The van der Waals surface area contributed by atoms with E-state index in [-0.39, 0.29) is 11.9 Å². The van der Waals surface area contributed by atoms with Gasteiger partial charge in [0.05, 0.1) is 10.5 Å². The third-order valence-corrected chi connectivity index (χ3v) is 4.86. The lowest BCUT2D eigenvalue weighted by molar-refractivity contribution is 0.0940. The number of amides is 1. The number of H-pyrrole nitrogens is 1. The van der Waals surface area contributed by atoms with Crippen LogP contribution < -0.4 is 10.2 Å². The van der Waals surface area contributed by atoms with Crippen LogP contribution in [0.25, 0.3) is 10.9 Å². The number of aromatic amines is 1. The largest absolute Gasteiger partial charge is 0.353 e. The summed E-state index contributed by atoms with van der Waals surface area (Å²) in [6.45, 7) is 3.47. The number of rotatable bonds is 3. The number of carbonyl (C=O) groups excluding carboxylic acids is 1. The Morgan fingerprint density at radius 2 is 2.28 bits per heavy atom. The molecule has 1 amide bonds. The molecule has 1 aliphatic rings. The van der Waals surface area contributed by atoms with Crippen LogP contribution in [-0.2, 0) is 0 Å². The lowest BCUT2D eigenvalue weighted by Gasteiger charge is -2.19. The normalized spacial score (nSPS) is 17.2. The van der Waals surface area contributed by atoms with E-state index in [1.54, 1.807) is 12.3 Å². The molecule has 3 heterocycles. The minimum absolute atomic E-state index is 0.0681. The quantitative estimate of drug-likeness (QED) is 0.757. The number of hydrogen-bond acceptors (Lipinski definition) is 4. The van der Waals surface area contributed by atoms with Gasteiger partial charge in [-0.3, -0.25) is 9.89 Å². The molecule has 128 valence electrons. The van der Waals surface area contributed by atoms with Gasteiger partial charge >= 0.3 is 0 Å². The molecule has 7 heteroatoms. The number of nitrogens with one attached hydrogen (secondary N) is 2. The van der Waals surface area contributed by atoms with E-state index in [1.807, 2.05) is 31.2 Å². The van der Waals surface area contributed by atoms with Crippen LogP contribution in [0.3, 0.4) is 0 Å². The zero-order chi connectivity index (χ0) is 17.4. The summed E-state index contributed by atoms with van der Waals surface area (Å²) < 4.78 is 0. The fraction of sp³-hybridized carbons (Fsp3) is 0.278. The molecule has 1 aliphatic heterocycles. The second-order valence-electron chi connectivity index (χ2n) is 6.29. The predicted molar refractivity (Wildman–Crippen MR) is 98.2 cm³/mol. The van der Waals surface area contributed by atoms with E-state index in [0.29, 0.717) is 17.1 Å². The summed E-state index contributed by atoms with van der Waals surface area (Å²) in [5.41, 5.74) is 2.47. The highest BCUT2D eigenvalue weighted by Gasteiger charge is 2.26. The van der Waals surface area contributed by atoms with Gasteiger partial charge in [-0.25, -0.2) is 4.98 Å². The van der Waals surface area contributed by atoms with Crippen LogP contribution in [0, 0.1) is 6.92 Å². The fourth-order valence-electron chi connectivity index (χ4n) is 3.23. The van der Waals surface area contributed by atoms with E-state index in [9.17, 15) is 4.79 Å². The number of benzene rings is 1. The van der Waals surface area contributed by atoms with Crippen molar-refractivity contribution in [2.45, 2.75) is 19.4 Å². The molecule has 0 aliphatic carbocycles. The Morgan fingerprint density at radius 3 is 3.12 bits per heavy atom. The second-order valence-corrected chi connectivity index (χ2v) is 6.70. The summed E-state index contributed by atoms with van der Waals surface area (Å²) >= 11 is 6.21. The maximum atomic E-state index is 12.6. The number of carbonyl (C=O) groups is 1. The van der Waals surface area contributed by atoms with E-state index < -0.39 is 0 Å². The number of aromatic nitrogens is 3. The third-order valence-electron chi connectivity index (χ3n) is 4.57. The van der Waals surface area contributed by atoms with Gasteiger partial charge in [0, 0.05) is 42.0 Å². The molecule has 1 aromatic carbocycles. The lowest BCUT2D eigenvalue weighted by Crippen LogP contribution is -2.37. The molecular formula is C18H18ClN5O. The average molecular weight is 356 g/mol. The molecule has 0 saturated carbocycles. The summed E-state index contributed by atoms with van der Waals surface area (Å²) in [4.78, 5) is 19.0. The molecule has 25 heavy (non-hydrogen) atoms. The molecule has 1 unspecified atom stereocenters. The van der Waals surface area contributed by atoms with Gasteiger partial charge < -0.3 is 10.2 Å². The molecule has 6 nitrogen and oxygen atoms in total. The summed E-state index contributed by atoms with van der Waals surface area (Å²) in [5.74, 6) is 0.706. The molecule has 3 aromatic rings. The fourth-order valence-corrected chi connectivity index (χ4v) is 3.47.